The van der Waals surface area contributed by atoms with Gasteiger partial charge < -0.3 is 15.4 Å². The number of hydrogen-bond acceptors (Lipinski definition) is 3. The number of carbonyl (C=O) groups is 1. The first-order chi connectivity index (χ1) is 9.15. The van der Waals surface area contributed by atoms with E-state index in [2.05, 4.69) is 24.5 Å². The van der Waals surface area contributed by atoms with E-state index in [0.717, 1.165) is 12.2 Å². The molecule has 0 heterocycles. The van der Waals surface area contributed by atoms with E-state index in [9.17, 15) is 4.79 Å². The summed E-state index contributed by atoms with van der Waals surface area (Å²) >= 11 is 0. The number of ether oxygens (including phenoxy) is 1. The Morgan fingerprint density at radius 1 is 1.42 bits per heavy atom. The van der Waals surface area contributed by atoms with Crippen LogP contribution in [0, 0.1) is 5.92 Å². The highest BCUT2D eigenvalue weighted by atomic mass is 16.5. The molecule has 1 aromatic rings. The molecule has 0 spiro atoms. The number of amides is 1. The molecule has 4 heteroatoms. The molecule has 0 fully saturated rings. The van der Waals surface area contributed by atoms with Crippen LogP contribution < -0.4 is 15.4 Å². The van der Waals surface area contributed by atoms with Crippen molar-refractivity contribution in [2.24, 2.45) is 5.92 Å². The van der Waals surface area contributed by atoms with Crippen LogP contribution in [0.25, 0.3) is 0 Å². The Morgan fingerprint density at radius 3 is 2.89 bits per heavy atom. The monoisotopic (exact) mass is 264 g/mol. The Morgan fingerprint density at radius 2 is 2.21 bits per heavy atom. The molecule has 0 aliphatic rings. The number of hydrogen-bond donors (Lipinski definition) is 2. The molecule has 1 aromatic carbocycles. The number of nitrogens with one attached hydrogen (secondary N) is 2. The molecule has 0 bridgehead atoms. The van der Waals surface area contributed by atoms with Gasteiger partial charge in [0.05, 0.1) is 0 Å². The molecule has 106 valence electrons. The first-order valence-corrected chi connectivity index (χ1v) is 6.83. The van der Waals surface area contributed by atoms with Crippen LogP contribution in [0.15, 0.2) is 24.3 Å². The van der Waals surface area contributed by atoms with Gasteiger partial charge in [-0.2, -0.15) is 0 Å². The molecule has 0 aliphatic carbocycles. The summed E-state index contributed by atoms with van der Waals surface area (Å²) in [4.78, 5) is 11.1. The Bertz CT molecular complexity index is 393. The van der Waals surface area contributed by atoms with Gasteiger partial charge in [0.2, 0.25) is 0 Å². The summed E-state index contributed by atoms with van der Waals surface area (Å²) < 4.78 is 5.40. The highest BCUT2D eigenvalue weighted by Gasteiger charge is 2.03. The summed E-state index contributed by atoms with van der Waals surface area (Å²) in [6.07, 6.45) is 2.43. The minimum atomic E-state index is -0.130. The molecule has 19 heavy (non-hydrogen) atoms. The van der Waals surface area contributed by atoms with E-state index in [1.54, 1.807) is 7.05 Å². The largest absolute Gasteiger partial charge is 0.484 e. The Hall–Kier alpha value is -1.71. The molecule has 1 unspecified atom stereocenters. The zero-order chi connectivity index (χ0) is 14.1. The number of likely N-dealkylation sites (N-methyl/N-ethyl adjacent to an activating group) is 1. The fraction of sp³-hybridized carbons (Fsp3) is 0.533. The second-order valence-corrected chi connectivity index (χ2v) is 4.76. The van der Waals surface area contributed by atoms with Gasteiger partial charge >= 0.3 is 0 Å². The first-order valence-electron chi connectivity index (χ1n) is 6.83. The molecule has 1 rings (SSSR count). The smallest absolute Gasteiger partial charge is 0.257 e. The minimum absolute atomic E-state index is 0.0478. The summed E-state index contributed by atoms with van der Waals surface area (Å²) in [6.45, 7) is 5.44. The van der Waals surface area contributed by atoms with E-state index < -0.39 is 0 Å². The third-order valence-electron chi connectivity index (χ3n) is 2.92. The summed E-state index contributed by atoms with van der Waals surface area (Å²) in [6, 6.07) is 7.70. The average Bonchev–Trinajstić information content (AvgIpc) is 2.43. The first kappa shape index (κ1) is 15.3. The van der Waals surface area contributed by atoms with E-state index in [0.29, 0.717) is 11.7 Å². The maximum absolute atomic E-state index is 11.1. The predicted octanol–water partition coefficient (Wildman–Crippen LogP) is 2.66. The van der Waals surface area contributed by atoms with Crippen LogP contribution in [0.3, 0.4) is 0 Å². The van der Waals surface area contributed by atoms with Gasteiger partial charge in [-0.1, -0.05) is 26.3 Å². The zero-order valence-electron chi connectivity index (χ0n) is 12.0. The molecule has 0 aliphatic heterocycles. The van der Waals surface area contributed by atoms with Crippen LogP contribution in [0.1, 0.15) is 26.7 Å². The molecule has 0 aromatic heterocycles. The van der Waals surface area contributed by atoms with E-state index in [1.165, 1.54) is 12.8 Å². The number of anilines is 1. The van der Waals surface area contributed by atoms with Crippen molar-refractivity contribution in [1.82, 2.24) is 5.32 Å². The average molecular weight is 264 g/mol. The van der Waals surface area contributed by atoms with Crippen molar-refractivity contribution in [3.63, 3.8) is 0 Å². The zero-order valence-corrected chi connectivity index (χ0v) is 12.0. The van der Waals surface area contributed by atoms with Crippen molar-refractivity contribution in [2.45, 2.75) is 26.7 Å². The standard InChI is InChI=1S/C15H24N2O2/c1-4-6-12(2)10-17-13-7-5-8-14(9-13)19-11-15(18)16-3/h5,7-9,12,17H,4,6,10-11H2,1-3H3,(H,16,18). The van der Waals surface area contributed by atoms with E-state index in [-0.39, 0.29) is 12.5 Å². The SMILES string of the molecule is CCCC(C)CNc1cccc(OCC(=O)NC)c1. The lowest BCUT2D eigenvalue weighted by Gasteiger charge is -2.13. The van der Waals surface area contributed by atoms with Gasteiger partial charge in [-0.15, -0.1) is 0 Å². The molecule has 0 saturated carbocycles. The van der Waals surface area contributed by atoms with Gasteiger partial charge in [0.1, 0.15) is 5.75 Å². The molecule has 4 nitrogen and oxygen atoms in total. The van der Waals surface area contributed by atoms with Crippen LogP contribution >= 0.6 is 0 Å². The number of benzene rings is 1. The number of rotatable bonds is 8. The molecular weight excluding hydrogens is 240 g/mol. The highest BCUT2D eigenvalue weighted by molar-refractivity contribution is 5.77. The second-order valence-electron chi connectivity index (χ2n) is 4.76. The summed E-state index contributed by atoms with van der Waals surface area (Å²) in [5.74, 6) is 1.23. The predicted molar refractivity (Wildman–Crippen MR) is 78.6 cm³/mol. The molecule has 1 amide bonds. The summed E-state index contributed by atoms with van der Waals surface area (Å²) in [7, 11) is 1.60. The van der Waals surface area contributed by atoms with Crippen LogP contribution in [-0.2, 0) is 4.79 Å². The van der Waals surface area contributed by atoms with Gasteiger partial charge in [0, 0.05) is 25.3 Å². The lowest BCUT2D eigenvalue weighted by Crippen LogP contribution is -2.24. The van der Waals surface area contributed by atoms with Crippen LogP contribution in [-0.4, -0.2) is 26.1 Å². The van der Waals surface area contributed by atoms with Crippen LogP contribution in [0.5, 0.6) is 5.75 Å². The van der Waals surface area contributed by atoms with Crippen molar-refractivity contribution in [1.29, 1.82) is 0 Å². The maximum atomic E-state index is 11.1. The third kappa shape index (κ3) is 6.13. The fourth-order valence-electron chi connectivity index (χ4n) is 1.80. The lowest BCUT2D eigenvalue weighted by atomic mass is 10.1. The van der Waals surface area contributed by atoms with E-state index >= 15 is 0 Å². The van der Waals surface area contributed by atoms with Crippen molar-refractivity contribution in [2.75, 3.05) is 25.5 Å². The molecule has 0 radical (unpaired) electrons. The van der Waals surface area contributed by atoms with Gasteiger partial charge in [0.25, 0.3) is 5.91 Å². The molecule has 1 atom stereocenters. The highest BCUT2D eigenvalue weighted by Crippen LogP contribution is 2.18. The molecule has 0 saturated heterocycles. The normalized spacial score (nSPS) is 11.7. The Labute approximate surface area is 115 Å². The Kier molecular flexibility index (Phi) is 6.79. The van der Waals surface area contributed by atoms with E-state index in [1.807, 2.05) is 24.3 Å². The van der Waals surface area contributed by atoms with Crippen LogP contribution in [0.4, 0.5) is 5.69 Å². The topological polar surface area (TPSA) is 50.4 Å². The fourth-order valence-corrected chi connectivity index (χ4v) is 1.80. The molecular formula is C15H24N2O2. The van der Waals surface area contributed by atoms with Gasteiger partial charge in [0.15, 0.2) is 6.61 Å². The van der Waals surface area contributed by atoms with Gasteiger partial charge in [-0.05, 0) is 24.5 Å². The lowest BCUT2D eigenvalue weighted by molar-refractivity contribution is -0.122. The van der Waals surface area contributed by atoms with E-state index in [4.69, 9.17) is 4.74 Å². The van der Waals surface area contributed by atoms with Gasteiger partial charge in [-0.25, -0.2) is 0 Å². The van der Waals surface area contributed by atoms with Crippen molar-refractivity contribution >= 4 is 11.6 Å². The summed E-state index contributed by atoms with van der Waals surface area (Å²) in [5.41, 5.74) is 1.03. The summed E-state index contributed by atoms with van der Waals surface area (Å²) in [5, 5.41) is 5.92. The number of carbonyl (C=O) groups excluding carboxylic acids is 1. The quantitative estimate of drug-likeness (QED) is 0.759. The second kappa shape index (κ2) is 8.40. The van der Waals surface area contributed by atoms with Crippen molar-refractivity contribution < 1.29 is 9.53 Å². The Balaban J connectivity index is 2.45. The van der Waals surface area contributed by atoms with Crippen LogP contribution in [0.2, 0.25) is 0 Å². The van der Waals surface area contributed by atoms with Crippen molar-refractivity contribution in [3.05, 3.63) is 24.3 Å². The van der Waals surface area contributed by atoms with Crippen molar-refractivity contribution in [3.8, 4) is 5.75 Å². The third-order valence-corrected chi connectivity index (χ3v) is 2.92. The molecule has 2 N–H and O–H groups in total. The minimum Gasteiger partial charge on any atom is -0.484 e. The van der Waals surface area contributed by atoms with Gasteiger partial charge in [-0.3, -0.25) is 4.79 Å². The maximum Gasteiger partial charge on any atom is 0.257 e.